The molecule has 2 amide bonds. The lowest BCUT2D eigenvalue weighted by atomic mass is 9.95. The van der Waals surface area contributed by atoms with Gasteiger partial charge in [0.15, 0.2) is 0 Å². The molecule has 0 aliphatic carbocycles. The Kier molecular flexibility index (Phi) is 9.58. The number of nitrogens with one attached hydrogen (secondary N) is 1. The summed E-state index contributed by atoms with van der Waals surface area (Å²) in [5.74, 6) is 0.464. The molecule has 0 bridgehead atoms. The lowest BCUT2D eigenvalue weighted by Crippen LogP contribution is -2.20. The van der Waals surface area contributed by atoms with Crippen LogP contribution >= 0.6 is 0 Å². The number of unbranched alkanes of at least 4 members (excludes halogenated alkanes) is 8. The van der Waals surface area contributed by atoms with Crippen LogP contribution in [-0.4, -0.2) is 11.8 Å². The number of carbonyl (C=O) groups excluding carboxylic acids is 2. The molecule has 1 aromatic rings. The minimum atomic E-state index is -0.253. The van der Waals surface area contributed by atoms with Crippen molar-refractivity contribution in [1.82, 2.24) is 5.32 Å². The maximum atomic E-state index is 11.9. The van der Waals surface area contributed by atoms with Gasteiger partial charge >= 0.3 is 0 Å². The van der Waals surface area contributed by atoms with Crippen LogP contribution in [0.3, 0.4) is 0 Å². The van der Waals surface area contributed by atoms with E-state index in [0.29, 0.717) is 11.1 Å². The summed E-state index contributed by atoms with van der Waals surface area (Å²) in [7, 11) is 0. The highest BCUT2D eigenvalue weighted by Gasteiger charge is 2.28. The molecule has 1 N–H and O–H groups in total. The van der Waals surface area contributed by atoms with E-state index in [2.05, 4.69) is 19.2 Å². The normalized spacial score (nSPS) is 13.3. The summed E-state index contributed by atoms with van der Waals surface area (Å²) in [5, 5.41) is 2.40. The zero-order valence-corrected chi connectivity index (χ0v) is 17.3. The second kappa shape index (κ2) is 11.9. The first-order valence-electron chi connectivity index (χ1n) is 11.1. The van der Waals surface area contributed by atoms with Gasteiger partial charge in [0.2, 0.25) is 0 Å². The smallest absolute Gasteiger partial charge is 0.259 e. The lowest BCUT2D eigenvalue weighted by molar-refractivity contribution is 0.0879. The highest BCUT2D eigenvalue weighted by Crippen LogP contribution is 2.22. The largest absolute Gasteiger partial charge is 0.288 e. The maximum absolute atomic E-state index is 11.9. The Morgan fingerprint density at radius 2 is 1.37 bits per heavy atom. The summed E-state index contributed by atoms with van der Waals surface area (Å²) < 4.78 is 0. The summed E-state index contributed by atoms with van der Waals surface area (Å²) in [4.78, 5) is 23.6. The SMILES string of the molecule is CCC(CC)CCCCCCCCCCCc1cccc2c1C(=O)NC2=O. The molecule has 0 aromatic heterocycles. The quantitative estimate of drug-likeness (QED) is 0.302. The number of fused-ring (bicyclic) bond motifs is 1. The van der Waals surface area contributed by atoms with Crippen LogP contribution in [0.15, 0.2) is 18.2 Å². The van der Waals surface area contributed by atoms with Crippen molar-refractivity contribution in [2.24, 2.45) is 5.92 Å². The number of benzene rings is 1. The monoisotopic (exact) mass is 371 g/mol. The molecule has 0 atom stereocenters. The molecule has 0 radical (unpaired) electrons. The summed E-state index contributed by atoms with van der Waals surface area (Å²) in [6, 6.07) is 5.61. The third kappa shape index (κ3) is 6.79. The van der Waals surface area contributed by atoms with Crippen LogP contribution in [-0.2, 0) is 6.42 Å². The minimum absolute atomic E-state index is 0.227. The minimum Gasteiger partial charge on any atom is -0.288 e. The molecule has 1 heterocycles. The van der Waals surface area contributed by atoms with Crippen molar-refractivity contribution in [2.75, 3.05) is 0 Å². The van der Waals surface area contributed by atoms with Crippen LogP contribution in [0.5, 0.6) is 0 Å². The van der Waals surface area contributed by atoms with Gasteiger partial charge < -0.3 is 0 Å². The van der Waals surface area contributed by atoms with E-state index in [9.17, 15) is 9.59 Å². The van der Waals surface area contributed by atoms with Crippen molar-refractivity contribution in [3.63, 3.8) is 0 Å². The van der Waals surface area contributed by atoms with E-state index in [1.807, 2.05) is 12.1 Å². The van der Waals surface area contributed by atoms with Gasteiger partial charge in [0.05, 0.1) is 11.1 Å². The van der Waals surface area contributed by atoms with E-state index in [4.69, 9.17) is 0 Å². The van der Waals surface area contributed by atoms with E-state index in [1.54, 1.807) is 6.07 Å². The predicted molar refractivity (Wildman–Crippen MR) is 112 cm³/mol. The number of carbonyl (C=O) groups is 2. The average Bonchev–Trinajstić information content (AvgIpc) is 2.97. The predicted octanol–water partition coefficient (Wildman–Crippen LogP) is 6.45. The Morgan fingerprint density at radius 1 is 0.778 bits per heavy atom. The maximum Gasteiger partial charge on any atom is 0.259 e. The standard InChI is InChI=1S/C24H37NO2/c1-3-19(4-2)15-12-10-8-6-5-7-9-11-13-16-20-17-14-18-21-22(20)24(27)25-23(21)26/h14,17-19H,3-13,15-16H2,1-2H3,(H,25,26,27). The van der Waals surface area contributed by atoms with Crippen molar-refractivity contribution in [3.8, 4) is 0 Å². The Morgan fingerprint density at radius 3 is 2.00 bits per heavy atom. The summed E-state index contributed by atoms with van der Waals surface area (Å²) in [6.45, 7) is 4.63. The van der Waals surface area contributed by atoms with Crippen LogP contribution < -0.4 is 5.32 Å². The number of imide groups is 1. The molecule has 3 nitrogen and oxygen atoms in total. The van der Waals surface area contributed by atoms with Crippen molar-refractivity contribution >= 4 is 11.8 Å². The molecule has 150 valence electrons. The van der Waals surface area contributed by atoms with E-state index < -0.39 is 0 Å². The van der Waals surface area contributed by atoms with Crippen molar-refractivity contribution in [1.29, 1.82) is 0 Å². The molecule has 0 fully saturated rings. The van der Waals surface area contributed by atoms with Gasteiger partial charge in [-0.15, -0.1) is 0 Å². The second-order valence-corrected chi connectivity index (χ2v) is 8.03. The van der Waals surface area contributed by atoms with Crippen molar-refractivity contribution < 1.29 is 9.59 Å². The van der Waals surface area contributed by atoms with Crippen LogP contribution in [0.1, 0.15) is 117 Å². The van der Waals surface area contributed by atoms with Crippen LogP contribution in [0.4, 0.5) is 0 Å². The van der Waals surface area contributed by atoms with Gasteiger partial charge in [-0.25, -0.2) is 0 Å². The number of rotatable bonds is 14. The Labute approximate surface area is 165 Å². The van der Waals surface area contributed by atoms with E-state index in [0.717, 1.165) is 24.3 Å². The van der Waals surface area contributed by atoms with Gasteiger partial charge in [0.25, 0.3) is 11.8 Å². The lowest BCUT2D eigenvalue weighted by Gasteiger charge is -2.11. The fraction of sp³-hybridized carbons (Fsp3) is 0.667. The molecule has 1 aromatic carbocycles. The highest BCUT2D eigenvalue weighted by molar-refractivity contribution is 6.22. The number of amides is 2. The van der Waals surface area contributed by atoms with E-state index in [-0.39, 0.29) is 11.8 Å². The van der Waals surface area contributed by atoms with Gasteiger partial charge in [-0.05, 0) is 30.4 Å². The Hall–Kier alpha value is -1.64. The molecule has 0 spiro atoms. The molecular formula is C24H37NO2. The molecule has 1 aliphatic heterocycles. The van der Waals surface area contributed by atoms with Gasteiger partial charge in [-0.3, -0.25) is 14.9 Å². The van der Waals surface area contributed by atoms with Gasteiger partial charge in [-0.2, -0.15) is 0 Å². The van der Waals surface area contributed by atoms with Crippen molar-refractivity contribution in [3.05, 3.63) is 34.9 Å². The van der Waals surface area contributed by atoms with Crippen LogP contribution in [0.2, 0.25) is 0 Å². The zero-order chi connectivity index (χ0) is 19.5. The topological polar surface area (TPSA) is 46.2 Å². The molecule has 3 heteroatoms. The van der Waals surface area contributed by atoms with Crippen LogP contribution in [0, 0.1) is 5.92 Å². The molecule has 0 saturated carbocycles. The molecular weight excluding hydrogens is 334 g/mol. The first-order chi connectivity index (χ1) is 13.2. The highest BCUT2D eigenvalue weighted by atomic mass is 16.2. The fourth-order valence-corrected chi connectivity index (χ4v) is 4.18. The number of aryl methyl sites for hydroxylation is 1. The van der Waals surface area contributed by atoms with Gasteiger partial charge in [0, 0.05) is 0 Å². The number of hydrogen-bond donors (Lipinski definition) is 1. The summed E-state index contributed by atoms with van der Waals surface area (Å²) in [5.41, 5.74) is 2.17. The second-order valence-electron chi connectivity index (χ2n) is 8.03. The third-order valence-electron chi connectivity index (χ3n) is 6.06. The van der Waals surface area contributed by atoms with E-state index >= 15 is 0 Å². The molecule has 0 unspecified atom stereocenters. The number of hydrogen-bond acceptors (Lipinski definition) is 2. The van der Waals surface area contributed by atoms with Crippen LogP contribution in [0.25, 0.3) is 0 Å². The Bertz CT molecular complexity index is 604. The Balaban J connectivity index is 1.50. The molecule has 2 rings (SSSR count). The van der Waals surface area contributed by atoms with Crippen molar-refractivity contribution in [2.45, 2.75) is 97.3 Å². The average molecular weight is 372 g/mol. The first-order valence-corrected chi connectivity index (χ1v) is 11.1. The molecule has 1 aliphatic rings. The first kappa shape index (κ1) is 21.7. The summed E-state index contributed by atoms with van der Waals surface area (Å²) >= 11 is 0. The zero-order valence-electron chi connectivity index (χ0n) is 17.3. The summed E-state index contributed by atoms with van der Waals surface area (Å²) in [6.07, 6.45) is 16.8. The fourth-order valence-electron chi connectivity index (χ4n) is 4.18. The molecule has 0 saturated heterocycles. The third-order valence-corrected chi connectivity index (χ3v) is 6.06. The van der Waals surface area contributed by atoms with Gasteiger partial charge in [0.1, 0.15) is 0 Å². The van der Waals surface area contributed by atoms with E-state index in [1.165, 1.54) is 70.6 Å². The van der Waals surface area contributed by atoms with Gasteiger partial charge in [-0.1, -0.05) is 96.6 Å². The molecule has 27 heavy (non-hydrogen) atoms.